The molecule has 0 spiro atoms. The van der Waals surface area contributed by atoms with E-state index in [1.54, 1.807) is 50.3 Å². The highest BCUT2D eigenvalue weighted by atomic mass is 16.7. The number of ketones is 1. The van der Waals surface area contributed by atoms with Gasteiger partial charge in [0.25, 0.3) is 0 Å². The van der Waals surface area contributed by atoms with Crippen molar-refractivity contribution in [3.63, 3.8) is 0 Å². The van der Waals surface area contributed by atoms with Crippen LogP contribution in [0.5, 0.6) is 0 Å². The zero-order valence-electron chi connectivity index (χ0n) is 24.0. The van der Waals surface area contributed by atoms with Crippen molar-refractivity contribution in [3.8, 4) is 0 Å². The number of aliphatic hydroxyl groups is 1. The fraction of sp³-hybridized carbons (Fsp3) is 0.613. The van der Waals surface area contributed by atoms with Crippen LogP contribution in [-0.4, -0.2) is 64.4 Å². The van der Waals surface area contributed by atoms with Gasteiger partial charge in [-0.1, -0.05) is 45.9 Å². The smallest absolute Gasteiger partial charge is 0.338 e. The van der Waals surface area contributed by atoms with E-state index < -0.39 is 70.8 Å². The van der Waals surface area contributed by atoms with E-state index in [0.29, 0.717) is 17.6 Å². The number of Topliss-reactive ketones (excluding diaryl/α,β-unsaturated/α-hetero) is 1. The normalized spacial score (nSPS) is 42.5. The molecule has 1 aliphatic heterocycles. The number of aliphatic hydroxyl groups excluding tert-OH is 1. The van der Waals surface area contributed by atoms with Gasteiger partial charge in [-0.3, -0.25) is 14.4 Å². The van der Waals surface area contributed by atoms with Gasteiger partial charge in [0.1, 0.15) is 12.2 Å². The second-order valence-electron chi connectivity index (χ2n) is 12.6. The monoisotopic (exact) mass is 554 g/mol. The quantitative estimate of drug-likeness (QED) is 0.258. The maximum atomic E-state index is 14.2. The Morgan fingerprint density at radius 3 is 2.15 bits per heavy atom. The average Bonchev–Trinajstić information content (AvgIpc) is 3.68. The molecule has 3 aliphatic carbocycles. The molecule has 3 fully saturated rings. The molecule has 40 heavy (non-hydrogen) atoms. The summed E-state index contributed by atoms with van der Waals surface area (Å²) in [5, 5.41) is 11.2. The lowest BCUT2D eigenvalue weighted by molar-refractivity contribution is -0.154. The van der Waals surface area contributed by atoms with Crippen LogP contribution in [-0.2, 0) is 33.3 Å². The van der Waals surface area contributed by atoms with Crippen LogP contribution in [0.4, 0.5) is 0 Å². The minimum Gasteiger partial charge on any atom is -0.461 e. The Labute approximate surface area is 234 Å². The number of fused-ring (bicyclic) bond motifs is 1. The second-order valence-corrected chi connectivity index (χ2v) is 12.6. The van der Waals surface area contributed by atoms with E-state index >= 15 is 0 Å². The van der Waals surface area contributed by atoms with Crippen LogP contribution in [0.2, 0.25) is 0 Å². The molecule has 0 unspecified atom stereocenters. The van der Waals surface area contributed by atoms with Crippen LogP contribution in [0.1, 0.15) is 65.2 Å². The number of ether oxygens (including phenoxy) is 4. The van der Waals surface area contributed by atoms with E-state index in [1.807, 2.05) is 20.8 Å². The fourth-order valence-corrected chi connectivity index (χ4v) is 7.60. The highest BCUT2D eigenvalue weighted by Gasteiger charge is 2.82. The Hall–Kier alpha value is -3.04. The van der Waals surface area contributed by atoms with Crippen molar-refractivity contribution >= 4 is 23.7 Å². The molecular weight excluding hydrogens is 516 g/mol. The summed E-state index contributed by atoms with van der Waals surface area (Å²) in [6.45, 7) is 11.8. The topological polar surface area (TPSA) is 129 Å². The first kappa shape index (κ1) is 28.5. The summed E-state index contributed by atoms with van der Waals surface area (Å²) < 4.78 is 24.0. The molecule has 0 bridgehead atoms. The zero-order valence-corrected chi connectivity index (χ0v) is 24.0. The van der Waals surface area contributed by atoms with Gasteiger partial charge in [-0.15, -0.1) is 0 Å². The fourth-order valence-electron chi connectivity index (χ4n) is 7.60. The third kappa shape index (κ3) is 4.20. The van der Waals surface area contributed by atoms with Gasteiger partial charge in [-0.25, -0.2) is 4.79 Å². The van der Waals surface area contributed by atoms with Gasteiger partial charge in [0, 0.05) is 25.7 Å². The zero-order chi connectivity index (χ0) is 29.4. The SMILES string of the molecule is CC(=O)O[C@@H]1[C@@H]2[C@H]([C@H](OC(=O)c3ccccc3)[C@H](OC(C)=O)/C(C)=C/[C@@]34O[C@@]3(C[C@@H](C)[C@H]4O)C(=O)[C@@H]1C)C2(C)C. The number of carbonyl (C=O) groups is 4. The summed E-state index contributed by atoms with van der Waals surface area (Å²) in [5.74, 6) is -3.76. The molecule has 1 heterocycles. The van der Waals surface area contributed by atoms with E-state index in [4.69, 9.17) is 18.9 Å². The molecule has 0 amide bonds. The third-order valence-electron chi connectivity index (χ3n) is 9.57. The molecule has 1 aromatic rings. The molecule has 9 heteroatoms. The van der Waals surface area contributed by atoms with Gasteiger partial charge in [0.2, 0.25) is 0 Å². The maximum Gasteiger partial charge on any atom is 0.338 e. The first-order valence-corrected chi connectivity index (χ1v) is 13.9. The summed E-state index contributed by atoms with van der Waals surface area (Å²) in [6.07, 6.45) is -1.84. The van der Waals surface area contributed by atoms with E-state index in [-0.39, 0.29) is 17.6 Å². The van der Waals surface area contributed by atoms with Gasteiger partial charge in [0.15, 0.2) is 23.1 Å². The predicted molar refractivity (Wildman–Crippen MR) is 142 cm³/mol. The largest absolute Gasteiger partial charge is 0.461 e. The molecule has 0 radical (unpaired) electrons. The summed E-state index contributed by atoms with van der Waals surface area (Å²) in [7, 11) is 0. The first-order valence-electron chi connectivity index (χ1n) is 13.9. The van der Waals surface area contributed by atoms with Crippen LogP contribution >= 0.6 is 0 Å². The lowest BCUT2D eigenvalue weighted by Gasteiger charge is -2.30. The van der Waals surface area contributed by atoms with E-state index in [9.17, 15) is 24.3 Å². The van der Waals surface area contributed by atoms with Crippen LogP contribution in [0.15, 0.2) is 42.0 Å². The van der Waals surface area contributed by atoms with E-state index in [1.165, 1.54) is 13.8 Å². The van der Waals surface area contributed by atoms with Crippen molar-refractivity contribution in [1.29, 1.82) is 0 Å². The average molecular weight is 555 g/mol. The number of hydrogen-bond donors (Lipinski definition) is 1. The second kappa shape index (κ2) is 9.52. The molecular formula is C31H38O9. The van der Waals surface area contributed by atoms with E-state index in [0.717, 1.165) is 0 Å². The highest BCUT2D eigenvalue weighted by molar-refractivity contribution is 5.96. The molecule has 1 aromatic carbocycles. The number of carbonyl (C=O) groups excluding carboxylic acids is 4. The van der Waals surface area contributed by atoms with E-state index in [2.05, 4.69) is 0 Å². The van der Waals surface area contributed by atoms with Crippen LogP contribution in [0, 0.1) is 29.1 Å². The molecule has 10 atom stereocenters. The Kier molecular flexibility index (Phi) is 6.78. The first-order chi connectivity index (χ1) is 18.7. The lowest BCUT2D eigenvalue weighted by atomic mass is 9.80. The molecule has 1 saturated heterocycles. The molecule has 1 N–H and O–H groups in total. The number of rotatable bonds is 4. The van der Waals surface area contributed by atoms with Gasteiger partial charge >= 0.3 is 17.9 Å². The molecule has 2 saturated carbocycles. The van der Waals surface area contributed by atoms with Crippen molar-refractivity contribution in [1.82, 2.24) is 0 Å². The van der Waals surface area contributed by atoms with Crippen LogP contribution in [0.3, 0.4) is 0 Å². The molecule has 216 valence electrons. The number of esters is 3. The Balaban J connectivity index is 1.67. The predicted octanol–water partition coefficient (Wildman–Crippen LogP) is 3.42. The van der Waals surface area contributed by atoms with Gasteiger partial charge in [-0.2, -0.15) is 0 Å². The minimum atomic E-state index is -1.32. The summed E-state index contributed by atoms with van der Waals surface area (Å²) in [6, 6.07) is 8.51. The van der Waals surface area contributed by atoms with Crippen molar-refractivity contribution in [2.75, 3.05) is 0 Å². The highest BCUT2D eigenvalue weighted by Crippen LogP contribution is 2.68. The Bertz CT molecular complexity index is 1270. The molecule has 9 nitrogen and oxygen atoms in total. The standard InChI is InChI=1S/C31H38O9/c1-15-13-30-26(34)16(2)14-31(30,40-30)27(35)17(3)24(38-19(5)33)21-22(29(21,6)7)25(23(15)37-18(4)32)39-28(36)20-11-9-8-10-12-20/h8-13,16-17,21-26,34H,14H2,1-7H3/b15-13+/t16-,17-,21+,22-,23-,24+,25+,26-,30+,31+/m1/s1. The maximum absolute atomic E-state index is 14.2. The Morgan fingerprint density at radius 1 is 0.950 bits per heavy atom. The Morgan fingerprint density at radius 2 is 1.55 bits per heavy atom. The van der Waals surface area contributed by atoms with Crippen LogP contribution < -0.4 is 0 Å². The summed E-state index contributed by atoms with van der Waals surface area (Å²) in [4.78, 5) is 52.3. The van der Waals surface area contributed by atoms with Crippen molar-refractivity contribution in [2.45, 2.75) is 90.5 Å². The van der Waals surface area contributed by atoms with Gasteiger partial charge in [-0.05, 0) is 48.5 Å². The van der Waals surface area contributed by atoms with Crippen molar-refractivity contribution < 1.29 is 43.2 Å². The lowest BCUT2D eigenvalue weighted by Crippen LogP contribution is -2.43. The van der Waals surface area contributed by atoms with Gasteiger partial charge < -0.3 is 24.1 Å². The molecule has 5 rings (SSSR count). The van der Waals surface area contributed by atoms with Crippen molar-refractivity contribution in [2.24, 2.45) is 29.1 Å². The molecule has 4 aliphatic rings. The summed E-state index contributed by atoms with van der Waals surface area (Å²) >= 11 is 0. The third-order valence-corrected chi connectivity index (χ3v) is 9.57. The van der Waals surface area contributed by atoms with Crippen LogP contribution in [0.25, 0.3) is 0 Å². The number of benzene rings is 1. The van der Waals surface area contributed by atoms with Crippen molar-refractivity contribution in [3.05, 3.63) is 47.5 Å². The molecule has 0 aromatic heterocycles. The number of hydrogen-bond acceptors (Lipinski definition) is 9. The number of epoxide rings is 1. The minimum absolute atomic E-state index is 0.239. The summed E-state index contributed by atoms with van der Waals surface area (Å²) in [5.41, 5.74) is -2.32. The van der Waals surface area contributed by atoms with Gasteiger partial charge in [0.05, 0.1) is 17.6 Å².